The van der Waals surface area contributed by atoms with Crippen LogP contribution in [0.2, 0.25) is 0 Å². The van der Waals surface area contributed by atoms with E-state index in [0.717, 1.165) is 6.07 Å². The third-order valence-electron chi connectivity index (χ3n) is 2.90. The number of thiazole rings is 1. The highest BCUT2D eigenvalue weighted by molar-refractivity contribution is 7.13. The zero-order chi connectivity index (χ0) is 15.7. The molecule has 0 spiro atoms. The Morgan fingerprint density at radius 2 is 1.95 bits per heavy atom. The normalized spacial score (nSPS) is 11.6. The van der Waals surface area contributed by atoms with Gasteiger partial charge in [0.1, 0.15) is 5.75 Å². The second kappa shape index (κ2) is 5.62. The molecule has 0 amide bonds. The molecule has 0 fully saturated rings. The fraction of sp³-hybridized carbons (Fsp3) is 0.0714. The van der Waals surface area contributed by atoms with Crippen LogP contribution in [0.1, 0.15) is 5.56 Å². The van der Waals surface area contributed by atoms with Gasteiger partial charge >= 0.3 is 6.18 Å². The maximum absolute atomic E-state index is 13.3. The molecule has 1 aromatic carbocycles. The van der Waals surface area contributed by atoms with Gasteiger partial charge in [-0.05, 0) is 29.6 Å². The minimum Gasteiger partial charge on any atom is -0.508 e. The number of phenols is 1. The summed E-state index contributed by atoms with van der Waals surface area (Å²) in [6.07, 6.45) is -3.05. The summed E-state index contributed by atoms with van der Waals surface area (Å²) >= 11 is 2.62. The van der Waals surface area contributed by atoms with Gasteiger partial charge in [-0.3, -0.25) is 4.90 Å². The van der Waals surface area contributed by atoms with Crippen molar-refractivity contribution in [3.05, 3.63) is 52.2 Å². The van der Waals surface area contributed by atoms with E-state index < -0.39 is 17.5 Å². The third-order valence-corrected chi connectivity index (χ3v) is 4.33. The van der Waals surface area contributed by atoms with Crippen molar-refractivity contribution in [2.45, 2.75) is 6.18 Å². The topological polar surface area (TPSA) is 36.4 Å². The number of hydrogen-bond acceptors (Lipinski definition) is 5. The molecule has 0 unspecified atom stereocenters. The van der Waals surface area contributed by atoms with Gasteiger partial charge < -0.3 is 5.11 Å². The summed E-state index contributed by atoms with van der Waals surface area (Å²) in [7, 11) is 0. The maximum Gasteiger partial charge on any atom is 0.418 e. The van der Waals surface area contributed by atoms with Crippen LogP contribution in [-0.4, -0.2) is 10.1 Å². The van der Waals surface area contributed by atoms with Gasteiger partial charge in [0.25, 0.3) is 0 Å². The predicted molar refractivity (Wildman–Crippen MR) is 81.3 cm³/mol. The number of hydrogen-bond donors (Lipinski definition) is 1. The molecule has 2 heterocycles. The van der Waals surface area contributed by atoms with E-state index in [-0.39, 0.29) is 5.69 Å². The molecule has 2 aromatic heterocycles. The highest BCUT2D eigenvalue weighted by atomic mass is 32.1. The quantitative estimate of drug-likeness (QED) is 0.692. The molecule has 3 rings (SSSR count). The minimum absolute atomic E-state index is 0.0707. The molecule has 0 aliphatic rings. The Kier molecular flexibility index (Phi) is 3.79. The standard InChI is InChI=1S/C14H9F3N2OS2/c15-14(16,17)11-7-10(20)1-2-12(11)19(9-3-5-21-8-9)13-18-4-6-22-13/h1-8,20H. The molecule has 3 nitrogen and oxygen atoms in total. The average molecular weight is 342 g/mol. The maximum atomic E-state index is 13.3. The van der Waals surface area contributed by atoms with Crippen LogP contribution in [0.4, 0.5) is 29.7 Å². The van der Waals surface area contributed by atoms with E-state index in [2.05, 4.69) is 4.98 Å². The fourth-order valence-electron chi connectivity index (χ4n) is 2.01. The first kappa shape index (κ1) is 14.9. The molecule has 3 aromatic rings. The van der Waals surface area contributed by atoms with Crippen molar-refractivity contribution in [3.63, 3.8) is 0 Å². The molecule has 0 aliphatic heterocycles. The van der Waals surface area contributed by atoms with Crippen LogP contribution in [-0.2, 0) is 6.18 Å². The van der Waals surface area contributed by atoms with Gasteiger partial charge in [-0.2, -0.15) is 24.5 Å². The largest absolute Gasteiger partial charge is 0.508 e. The smallest absolute Gasteiger partial charge is 0.418 e. The lowest BCUT2D eigenvalue weighted by Gasteiger charge is -2.24. The Morgan fingerprint density at radius 1 is 1.14 bits per heavy atom. The van der Waals surface area contributed by atoms with Gasteiger partial charge in [0.2, 0.25) is 0 Å². The highest BCUT2D eigenvalue weighted by Gasteiger charge is 2.36. The zero-order valence-corrected chi connectivity index (χ0v) is 12.5. The minimum atomic E-state index is -4.58. The molecule has 0 aliphatic carbocycles. The summed E-state index contributed by atoms with van der Waals surface area (Å²) in [4.78, 5) is 5.55. The van der Waals surface area contributed by atoms with Crippen molar-refractivity contribution >= 4 is 39.2 Å². The van der Waals surface area contributed by atoms with Crippen LogP contribution in [0, 0.1) is 0 Å². The number of halogens is 3. The third kappa shape index (κ3) is 2.79. The summed E-state index contributed by atoms with van der Waals surface area (Å²) in [6.45, 7) is 0. The zero-order valence-electron chi connectivity index (χ0n) is 10.9. The van der Waals surface area contributed by atoms with Gasteiger partial charge in [-0.1, -0.05) is 0 Å². The van der Waals surface area contributed by atoms with Crippen molar-refractivity contribution in [1.29, 1.82) is 0 Å². The Balaban J connectivity index is 2.22. The van der Waals surface area contributed by atoms with E-state index in [1.165, 1.54) is 45.9 Å². The second-order valence-corrected chi connectivity index (χ2v) is 5.98. The predicted octanol–water partition coefficient (Wildman–Crippen LogP) is 5.40. The van der Waals surface area contributed by atoms with Crippen molar-refractivity contribution in [2.75, 3.05) is 4.90 Å². The number of benzene rings is 1. The Hall–Kier alpha value is -2.06. The van der Waals surface area contributed by atoms with Crippen LogP contribution in [0.3, 0.4) is 0 Å². The SMILES string of the molecule is Oc1ccc(N(c2ccsc2)c2nccs2)c(C(F)(F)F)c1. The van der Waals surface area contributed by atoms with E-state index in [1.54, 1.807) is 22.2 Å². The Labute approximate surface area is 131 Å². The van der Waals surface area contributed by atoms with Crippen LogP contribution in [0.15, 0.2) is 46.6 Å². The second-order valence-electron chi connectivity index (χ2n) is 4.33. The number of aromatic nitrogens is 1. The van der Waals surface area contributed by atoms with Crippen molar-refractivity contribution in [3.8, 4) is 5.75 Å². The number of phenolic OH excluding ortho intramolecular Hbond substituents is 1. The van der Waals surface area contributed by atoms with E-state index in [4.69, 9.17) is 0 Å². The molecule has 0 saturated heterocycles. The Bertz CT molecular complexity index is 721. The van der Waals surface area contributed by atoms with Crippen molar-refractivity contribution in [2.24, 2.45) is 0 Å². The lowest BCUT2D eigenvalue weighted by molar-refractivity contribution is -0.137. The van der Waals surface area contributed by atoms with Crippen molar-refractivity contribution < 1.29 is 18.3 Å². The lowest BCUT2D eigenvalue weighted by Crippen LogP contribution is -2.16. The molecular formula is C14H9F3N2OS2. The van der Waals surface area contributed by atoms with Crippen LogP contribution in [0.25, 0.3) is 0 Å². The van der Waals surface area contributed by atoms with Crippen molar-refractivity contribution in [1.82, 2.24) is 4.98 Å². The lowest BCUT2D eigenvalue weighted by atomic mass is 10.1. The van der Waals surface area contributed by atoms with Crippen LogP contribution >= 0.6 is 22.7 Å². The molecule has 8 heteroatoms. The highest BCUT2D eigenvalue weighted by Crippen LogP contribution is 2.44. The molecule has 0 atom stereocenters. The van der Waals surface area contributed by atoms with E-state index in [1.807, 2.05) is 0 Å². The number of thiophene rings is 1. The van der Waals surface area contributed by atoms with Gasteiger partial charge in [0, 0.05) is 17.0 Å². The monoisotopic (exact) mass is 342 g/mol. The molecule has 0 bridgehead atoms. The summed E-state index contributed by atoms with van der Waals surface area (Å²) in [5.74, 6) is -0.430. The molecule has 1 N–H and O–H groups in total. The van der Waals surface area contributed by atoms with E-state index in [0.29, 0.717) is 10.8 Å². The average Bonchev–Trinajstić information content (AvgIpc) is 3.13. The number of anilines is 3. The summed E-state index contributed by atoms with van der Waals surface area (Å²) in [5, 5.41) is 15.1. The Morgan fingerprint density at radius 3 is 2.55 bits per heavy atom. The van der Waals surface area contributed by atoms with Gasteiger partial charge in [0.05, 0.1) is 16.9 Å². The van der Waals surface area contributed by atoms with Crippen LogP contribution < -0.4 is 4.90 Å². The summed E-state index contributed by atoms with van der Waals surface area (Å²) in [5.41, 5.74) is -0.385. The van der Waals surface area contributed by atoms with Crippen LogP contribution in [0.5, 0.6) is 5.75 Å². The van der Waals surface area contributed by atoms with E-state index in [9.17, 15) is 18.3 Å². The number of rotatable bonds is 3. The number of aromatic hydroxyl groups is 1. The molecule has 22 heavy (non-hydrogen) atoms. The number of alkyl halides is 3. The van der Waals surface area contributed by atoms with Gasteiger partial charge in [-0.15, -0.1) is 11.3 Å². The molecule has 0 saturated carbocycles. The molecule has 0 radical (unpaired) electrons. The molecule has 114 valence electrons. The first-order valence-corrected chi connectivity index (χ1v) is 7.91. The van der Waals surface area contributed by atoms with Gasteiger partial charge in [0.15, 0.2) is 5.13 Å². The number of nitrogens with zero attached hydrogens (tertiary/aromatic N) is 2. The summed E-state index contributed by atoms with van der Waals surface area (Å²) in [6, 6.07) is 4.93. The summed E-state index contributed by atoms with van der Waals surface area (Å²) < 4.78 is 40.0. The molecular weight excluding hydrogens is 333 g/mol. The first-order chi connectivity index (χ1) is 10.5. The fourth-order valence-corrected chi connectivity index (χ4v) is 3.30. The van der Waals surface area contributed by atoms with Gasteiger partial charge in [-0.25, -0.2) is 4.98 Å². The van der Waals surface area contributed by atoms with E-state index >= 15 is 0 Å². The first-order valence-electron chi connectivity index (χ1n) is 6.09.